The molecule has 3 aromatic rings. The fourth-order valence-corrected chi connectivity index (χ4v) is 2.53. The zero-order chi connectivity index (χ0) is 16.6. The van der Waals surface area contributed by atoms with Gasteiger partial charge in [0.25, 0.3) is 5.56 Å². The van der Waals surface area contributed by atoms with E-state index in [0.29, 0.717) is 10.9 Å². The summed E-state index contributed by atoms with van der Waals surface area (Å²) in [5, 5.41) is 0.403. The number of halogens is 3. The van der Waals surface area contributed by atoms with Gasteiger partial charge in [-0.05, 0) is 24.6 Å². The number of hydrogen-bond donors (Lipinski definition) is 1. The van der Waals surface area contributed by atoms with Gasteiger partial charge >= 0.3 is 6.18 Å². The van der Waals surface area contributed by atoms with Crippen LogP contribution < -0.4 is 5.56 Å². The number of fused-ring (bicyclic) bond motifs is 1. The Morgan fingerprint density at radius 3 is 2.61 bits per heavy atom. The number of rotatable bonds is 2. The van der Waals surface area contributed by atoms with Crippen LogP contribution in [0.3, 0.4) is 0 Å². The number of para-hydroxylation sites is 1. The quantitative estimate of drug-likeness (QED) is 0.776. The van der Waals surface area contributed by atoms with Crippen LogP contribution >= 0.6 is 0 Å². The van der Waals surface area contributed by atoms with Crippen LogP contribution in [0.5, 0.6) is 0 Å². The predicted octanol–water partition coefficient (Wildman–Crippen LogP) is 4.00. The van der Waals surface area contributed by atoms with Gasteiger partial charge in [0.05, 0.1) is 17.3 Å². The highest BCUT2D eigenvalue weighted by atomic mass is 19.4. The maximum atomic E-state index is 12.8. The molecule has 0 fully saturated rings. The lowest BCUT2D eigenvalue weighted by atomic mass is 10.0. The first-order chi connectivity index (χ1) is 10.8. The third kappa shape index (κ3) is 3.26. The van der Waals surface area contributed by atoms with Crippen molar-refractivity contribution in [1.29, 1.82) is 0 Å². The fourth-order valence-electron chi connectivity index (χ4n) is 2.53. The molecule has 2 aromatic carbocycles. The van der Waals surface area contributed by atoms with E-state index in [-0.39, 0.29) is 22.5 Å². The molecule has 1 N–H and O–H groups in total. The van der Waals surface area contributed by atoms with Crippen LogP contribution in [0.2, 0.25) is 0 Å². The van der Waals surface area contributed by atoms with Gasteiger partial charge in [0, 0.05) is 5.56 Å². The van der Waals surface area contributed by atoms with Gasteiger partial charge < -0.3 is 4.98 Å². The summed E-state index contributed by atoms with van der Waals surface area (Å²) >= 11 is 0. The topological polar surface area (TPSA) is 45.8 Å². The van der Waals surface area contributed by atoms with Gasteiger partial charge in [0.15, 0.2) is 0 Å². The van der Waals surface area contributed by atoms with E-state index >= 15 is 0 Å². The number of hydrogen-bond acceptors (Lipinski definition) is 2. The summed E-state index contributed by atoms with van der Waals surface area (Å²) in [7, 11) is 0. The van der Waals surface area contributed by atoms with Crippen LogP contribution in [0, 0.1) is 6.92 Å². The Kier molecular flexibility index (Phi) is 3.67. The minimum atomic E-state index is -4.33. The number of H-pyrrole nitrogens is 1. The van der Waals surface area contributed by atoms with E-state index in [9.17, 15) is 18.0 Å². The van der Waals surface area contributed by atoms with Crippen LogP contribution in [-0.2, 0) is 6.42 Å². The van der Waals surface area contributed by atoms with Crippen molar-refractivity contribution in [2.45, 2.75) is 19.5 Å². The average molecular weight is 318 g/mol. The standard InChI is InChI=1S/C17H13F3N2O/c1-10-6-7-12(11(8-10)9-17(18,19)20)15-21-14-5-3-2-4-13(14)16(23)22-15/h2-8H,9H2,1H3,(H,21,22,23). The molecule has 0 saturated heterocycles. The highest BCUT2D eigenvalue weighted by molar-refractivity contribution is 5.79. The van der Waals surface area contributed by atoms with Crippen LogP contribution in [0.1, 0.15) is 11.1 Å². The Morgan fingerprint density at radius 2 is 1.87 bits per heavy atom. The van der Waals surface area contributed by atoms with Crippen molar-refractivity contribution in [3.05, 3.63) is 63.9 Å². The molecule has 0 aliphatic carbocycles. The van der Waals surface area contributed by atoms with Crippen molar-refractivity contribution in [1.82, 2.24) is 9.97 Å². The van der Waals surface area contributed by atoms with Gasteiger partial charge in [0.1, 0.15) is 5.82 Å². The number of alkyl halides is 3. The van der Waals surface area contributed by atoms with Gasteiger partial charge in [-0.15, -0.1) is 0 Å². The number of aryl methyl sites for hydroxylation is 1. The summed E-state index contributed by atoms with van der Waals surface area (Å²) in [5.74, 6) is 0.146. The van der Waals surface area contributed by atoms with Crippen molar-refractivity contribution in [2.75, 3.05) is 0 Å². The second kappa shape index (κ2) is 5.53. The molecule has 0 spiro atoms. The molecular weight excluding hydrogens is 305 g/mol. The first-order valence-corrected chi connectivity index (χ1v) is 6.99. The van der Waals surface area contributed by atoms with E-state index in [4.69, 9.17) is 0 Å². The number of nitrogens with zero attached hydrogens (tertiary/aromatic N) is 1. The minimum Gasteiger partial charge on any atom is -0.306 e. The summed E-state index contributed by atoms with van der Waals surface area (Å²) in [6.45, 7) is 1.72. The lowest BCUT2D eigenvalue weighted by Crippen LogP contribution is -2.14. The van der Waals surface area contributed by atoms with E-state index in [0.717, 1.165) is 5.56 Å². The van der Waals surface area contributed by atoms with E-state index < -0.39 is 12.6 Å². The molecule has 118 valence electrons. The Labute approximate surface area is 129 Å². The van der Waals surface area contributed by atoms with E-state index in [1.54, 1.807) is 43.3 Å². The smallest absolute Gasteiger partial charge is 0.306 e. The minimum absolute atomic E-state index is 0.0935. The molecule has 0 bridgehead atoms. The van der Waals surface area contributed by atoms with Gasteiger partial charge in [-0.2, -0.15) is 13.2 Å². The highest BCUT2D eigenvalue weighted by Crippen LogP contribution is 2.29. The van der Waals surface area contributed by atoms with Crippen LogP contribution in [0.15, 0.2) is 47.3 Å². The molecule has 1 heterocycles. The van der Waals surface area contributed by atoms with Crippen molar-refractivity contribution in [2.24, 2.45) is 0 Å². The largest absolute Gasteiger partial charge is 0.393 e. The summed E-state index contributed by atoms with van der Waals surface area (Å²) in [5.41, 5.74) is 1.18. The van der Waals surface area contributed by atoms with Crippen molar-refractivity contribution >= 4 is 10.9 Å². The van der Waals surface area contributed by atoms with Crippen LogP contribution in [0.25, 0.3) is 22.3 Å². The monoisotopic (exact) mass is 318 g/mol. The van der Waals surface area contributed by atoms with Gasteiger partial charge in [-0.1, -0.05) is 35.9 Å². The zero-order valence-corrected chi connectivity index (χ0v) is 12.2. The summed E-state index contributed by atoms with van der Waals surface area (Å²) in [6.07, 6.45) is -5.40. The van der Waals surface area contributed by atoms with Crippen molar-refractivity contribution in [3.63, 3.8) is 0 Å². The average Bonchev–Trinajstić information content (AvgIpc) is 2.45. The van der Waals surface area contributed by atoms with E-state index in [2.05, 4.69) is 9.97 Å². The third-order valence-electron chi connectivity index (χ3n) is 3.52. The third-order valence-corrected chi connectivity index (χ3v) is 3.52. The van der Waals surface area contributed by atoms with Gasteiger partial charge in [0.2, 0.25) is 0 Å². The normalized spacial score (nSPS) is 11.8. The van der Waals surface area contributed by atoms with E-state index in [1.807, 2.05) is 0 Å². The lowest BCUT2D eigenvalue weighted by Gasteiger charge is -2.12. The molecule has 3 rings (SSSR count). The molecule has 0 saturated carbocycles. The molecule has 6 heteroatoms. The van der Waals surface area contributed by atoms with E-state index in [1.165, 1.54) is 6.07 Å². The molecule has 0 aliphatic rings. The summed E-state index contributed by atoms with van der Waals surface area (Å²) in [6, 6.07) is 11.4. The fraction of sp³-hybridized carbons (Fsp3) is 0.176. The molecule has 0 radical (unpaired) electrons. The van der Waals surface area contributed by atoms with Crippen LogP contribution in [0.4, 0.5) is 13.2 Å². The first-order valence-electron chi connectivity index (χ1n) is 6.99. The Morgan fingerprint density at radius 1 is 1.13 bits per heavy atom. The number of aromatic nitrogens is 2. The first kappa shape index (κ1) is 15.3. The van der Waals surface area contributed by atoms with Crippen molar-refractivity contribution < 1.29 is 13.2 Å². The lowest BCUT2D eigenvalue weighted by molar-refractivity contribution is -0.127. The number of benzene rings is 2. The summed E-state index contributed by atoms with van der Waals surface area (Å²) < 4.78 is 38.4. The van der Waals surface area contributed by atoms with Crippen molar-refractivity contribution in [3.8, 4) is 11.4 Å². The molecule has 0 atom stereocenters. The highest BCUT2D eigenvalue weighted by Gasteiger charge is 2.29. The predicted molar refractivity (Wildman–Crippen MR) is 82.3 cm³/mol. The second-order valence-electron chi connectivity index (χ2n) is 5.38. The van der Waals surface area contributed by atoms with Gasteiger partial charge in [-0.25, -0.2) is 4.98 Å². The number of nitrogens with one attached hydrogen (secondary N) is 1. The van der Waals surface area contributed by atoms with Crippen LogP contribution in [-0.4, -0.2) is 16.1 Å². The molecule has 0 amide bonds. The molecular formula is C17H13F3N2O. The molecule has 0 aliphatic heterocycles. The Hall–Kier alpha value is -2.63. The maximum Gasteiger partial charge on any atom is 0.393 e. The summed E-state index contributed by atoms with van der Waals surface area (Å²) in [4.78, 5) is 19.0. The Bertz CT molecular complexity index is 929. The molecule has 3 nitrogen and oxygen atoms in total. The SMILES string of the molecule is Cc1ccc(-c2nc3ccccc3c(=O)[nH]2)c(CC(F)(F)F)c1. The second-order valence-corrected chi connectivity index (χ2v) is 5.38. The molecule has 1 aromatic heterocycles. The molecule has 0 unspecified atom stereocenters. The zero-order valence-electron chi connectivity index (χ0n) is 12.2. The maximum absolute atomic E-state index is 12.8. The Balaban J connectivity index is 2.20. The van der Waals surface area contributed by atoms with Gasteiger partial charge in [-0.3, -0.25) is 4.79 Å². The number of aromatic amines is 1. The molecule has 23 heavy (non-hydrogen) atoms.